The molecule has 0 aromatic heterocycles. The smallest absolute Gasteiger partial charge is 0.196 e. The minimum absolute atomic E-state index is 0.680. The fraction of sp³-hybridized carbons (Fsp3) is 0. The second-order valence-corrected chi connectivity index (χ2v) is 3.79. The zero-order valence-electron chi connectivity index (χ0n) is 9.14. The lowest BCUT2D eigenvalue weighted by Crippen LogP contribution is -2.14. The van der Waals surface area contributed by atoms with Crippen LogP contribution >= 0.6 is 0 Å². The Kier molecular flexibility index (Phi) is 2.31. The summed E-state index contributed by atoms with van der Waals surface area (Å²) in [7, 11) is 0. The van der Waals surface area contributed by atoms with Crippen molar-refractivity contribution in [2.45, 2.75) is 0 Å². The molecule has 3 nitrogen and oxygen atoms in total. The van der Waals surface area contributed by atoms with Crippen molar-refractivity contribution < 1.29 is 9.68 Å². The van der Waals surface area contributed by atoms with Crippen LogP contribution in [0.4, 0.5) is 0 Å². The lowest BCUT2D eigenvalue weighted by molar-refractivity contribution is 0.0259. The summed E-state index contributed by atoms with van der Waals surface area (Å²) >= 11 is 0. The molecule has 1 heterocycles. The summed E-state index contributed by atoms with van der Waals surface area (Å²) < 4.78 is 0. The van der Waals surface area contributed by atoms with Gasteiger partial charge in [0.15, 0.2) is 11.5 Å². The molecular formula is C14H11NO2. The van der Waals surface area contributed by atoms with E-state index in [4.69, 9.17) is 9.68 Å². The normalized spacial score (nSPS) is 12.5. The zero-order chi connectivity index (χ0) is 11.7. The second-order valence-electron chi connectivity index (χ2n) is 3.79. The molecular weight excluding hydrogens is 214 g/mol. The standard InChI is InChI=1S/C14H11NO2/c1-10(11-5-3-2-4-6-11)12-7-8-13-14(9-12)17-15-16-13/h2-9,15H,1H2. The van der Waals surface area contributed by atoms with Crippen molar-refractivity contribution in [2.24, 2.45) is 0 Å². The summed E-state index contributed by atoms with van der Waals surface area (Å²) in [6, 6.07) is 15.8. The van der Waals surface area contributed by atoms with Gasteiger partial charge < -0.3 is 9.68 Å². The lowest BCUT2D eigenvalue weighted by Gasteiger charge is -2.06. The number of rotatable bonds is 2. The molecule has 17 heavy (non-hydrogen) atoms. The molecule has 0 spiro atoms. The molecule has 1 aliphatic rings. The topological polar surface area (TPSA) is 30.5 Å². The Hall–Kier alpha value is -2.26. The Labute approximate surface area is 99.2 Å². The van der Waals surface area contributed by atoms with Crippen molar-refractivity contribution in [2.75, 3.05) is 0 Å². The largest absolute Gasteiger partial charge is 0.370 e. The van der Waals surface area contributed by atoms with Crippen LogP contribution in [0, 0.1) is 0 Å². The Morgan fingerprint density at radius 2 is 1.65 bits per heavy atom. The lowest BCUT2D eigenvalue weighted by atomic mass is 9.99. The van der Waals surface area contributed by atoms with Crippen LogP contribution in [0.15, 0.2) is 55.1 Å². The fourth-order valence-electron chi connectivity index (χ4n) is 1.78. The first-order valence-electron chi connectivity index (χ1n) is 5.32. The van der Waals surface area contributed by atoms with Crippen LogP contribution in [-0.4, -0.2) is 0 Å². The minimum Gasteiger partial charge on any atom is -0.370 e. The van der Waals surface area contributed by atoms with Crippen LogP contribution in [-0.2, 0) is 0 Å². The molecule has 0 aliphatic carbocycles. The van der Waals surface area contributed by atoms with Crippen molar-refractivity contribution in [1.29, 1.82) is 0 Å². The van der Waals surface area contributed by atoms with E-state index in [1.807, 2.05) is 48.5 Å². The Morgan fingerprint density at radius 3 is 2.47 bits per heavy atom. The number of nitrogens with one attached hydrogen (secondary N) is 1. The van der Waals surface area contributed by atoms with Gasteiger partial charge in [0.05, 0.1) is 0 Å². The van der Waals surface area contributed by atoms with E-state index in [1.165, 1.54) is 0 Å². The third kappa shape index (κ3) is 1.77. The van der Waals surface area contributed by atoms with Crippen molar-refractivity contribution in [3.63, 3.8) is 0 Å². The van der Waals surface area contributed by atoms with Gasteiger partial charge in [0.1, 0.15) is 0 Å². The van der Waals surface area contributed by atoms with Gasteiger partial charge in [-0.15, -0.1) is 0 Å². The highest BCUT2D eigenvalue weighted by atomic mass is 16.9. The molecule has 0 atom stereocenters. The van der Waals surface area contributed by atoms with E-state index in [0.29, 0.717) is 11.5 Å². The summed E-state index contributed by atoms with van der Waals surface area (Å²) in [4.78, 5) is 10.1. The van der Waals surface area contributed by atoms with Crippen LogP contribution in [0.5, 0.6) is 11.5 Å². The molecule has 0 saturated heterocycles. The summed E-state index contributed by atoms with van der Waals surface area (Å²) in [5.41, 5.74) is 5.44. The SMILES string of the molecule is C=C(c1ccccc1)c1ccc2c(c1)ONO2. The monoisotopic (exact) mass is 225 g/mol. The molecule has 0 fully saturated rings. The van der Waals surface area contributed by atoms with Crippen LogP contribution in [0.1, 0.15) is 11.1 Å². The molecule has 0 radical (unpaired) electrons. The highest BCUT2D eigenvalue weighted by Gasteiger charge is 2.15. The molecule has 0 saturated carbocycles. The molecule has 2 aromatic carbocycles. The third-order valence-corrected chi connectivity index (χ3v) is 2.72. The highest BCUT2D eigenvalue weighted by molar-refractivity contribution is 5.79. The summed E-state index contributed by atoms with van der Waals surface area (Å²) in [6.45, 7) is 4.10. The maximum Gasteiger partial charge on any atom is 0.196 e. The Morgan fingerprint density at radius 1 is 0.882 bits per heavy atom. The number of hydrogen-bond acceptors (Lipinski definition) is 3. The van der Waals surface area contributed by atoms with Gasteiger partial charge in [0.25, 0.3) is 0 Å². The van der Waals surface area contributed by atoms with Gasteiger partial charge in [0, 0.05) is 5.64 Å². The number of hydrogen-bond donors (Lipinski definition) is 1. The molecule has 3 heteroatoms. The molecule has 2 aromatic rings. The average molecular weight is 225 g/mol. The average Bonchev–Trinajstić information content (AvgIpc) is 2.86. The number of benzene rings is 2. The fourth-order valence-corrected chi connectivity index (χ4v) is 1.78. The van der Waals surface area contributed by atoms with E-state index in [9.17, 15) is 0 Å². The van der Waals surface area contributed by atoms with Crippen LogP contribution in [0.2, 0.25) is 0 Å². The quantitative estimate of drug-likeness (QED) is 0.852. The van der Waals surface area contributed by atoms with E-state index in [0.717, 1.165) is 16.7 Å². The molecule has 0 bridgehead atoms. The van der Waals surface area contributed by atoms with Gasteiger partial charge in [-0.2, -0.15) is 0 Å². The van der Waals surface area contributed by atoms with Gasteiger partial charge in [-0.3, -0.25) is 0 Å². The maximum atomic E-state index is 5.11. The summed E-state index contributed by atoms with van der Waals surface area (Å²) in [5, 5.41) is 0. The van der Waals surface area contributed by atoms with Crippen molar-refractivity contribution >= 4 is 5.57 Å². The van der Waals surface area contributed by atoms with E-state index in [1.54, 1.807) is 0 Å². The van der Waals surface area contributed by atoms with Crippen molar-refractivity contribution in [1.82, 2.24) is 5.64 Å². The van der Waals surface area contributed by atoms with E-state index >= 15 is 0 Å². The Balaban J connectivity index is 1.97. The van der Waals surface area contributed by atoms with Crippen LogP contribution in [0.3, 0.4) is 0 Å². The van der Waals surface area contributed by atoms with Gasteiger partial charge in [-0.25, -0.2) is 0 Å². The highest BCUT2D eigenvalue weighted by Crippen LogP contribution is 2.34. The van der Waals surface area contributed by atoms with Gasteiger partial charge in [0.2, 0.25) is 0 Å². The molecule has 0 unspecified atom stereocenters. The Bertz CT molecular complexity index is 564. The van der Waals surface area contributed by atoms with Gasteiger partial charge in [-0.1, -0.05) is 43.0 Å². The molecule has 1 aliphatic heterocycles. The molecule has 1 N–H and O–H groups in total. The first-order valence-corrected chi connectivity index (χ1v) is 5.32. The van der Waals surface area contributed by atoms with Crippen molar-refractivity contribution in [3.8, 4) is 11.5 Å². The van der Waals surface area contributed by atoms with Crippen molar-refractivity contribution in [3.05, 3.63) is 66.2 Å². The minimum atomic E-state index is 0.680. The zero-order valence-corrected chi connectivity index (χ0v) is 9.14. The van der Waals surface area contributed by atoms with E-state index < -0.39 is 0 Å². The molecule has 3 rings (SSSR count). The summed E-state index contributed by atoms with van der Waals surface area (Å²) in [5.74, 6) is 1.37. The predicted molar refractivity (Wildman–Crippen MR) is 65.4 cm³/mol. The van der Waals surface area contributed by atoms with Gasteiger partial charge in [-0.05, 0) is 28.8 Å². The second kappa shape index (κ2) is 3.96. The third-order valence-electron chi connectivity index (χ3n) is 2.72. The van der Waals surface area contributed by atoms with E-state index in [2.05, 4.69) is 12.2 Å². The molecule has 0 amide bonds. The van der Waals surface area contributed by atoms with E-state index in [-0.39, 0.29) is 0 Å². The number of fused-ring (bicyclic) bond motifs is 1. The van der Waals surface area contributed by atoms with Gasteiger partial charge >= 0.3 is 0 Å². The summed E-state index contributed by atoms with van der Waals surface area (Å²) in [6.07, 6.45) is 0. The first-order chi connectivity index (χ1) is 8.34. The van der Waals surface area contributed by atoms with Crippen LogP contribution in [0.25, 0.3) is 5.57 Å². The first kappa shape index (κ1) is 9.93. The maximum absolute atomic E-state index is 5.11. The predicted octanol–water partition coefficient (Wildman–Crippen LogP) is 2.94. The van der Waals surface area contributed by atoms with Crippen LogP contribution < -0.4 is 15.3 Å². The molecule has 84 valence electrons.